The molecule has 2 aromatic rings. The minimum atomic E-state index is -0.362. The van der Waals surface area contributed by atoms with E-state index in [0.29, 0.717) is 17.4 Å². The Labute approximate surface area is 93.5 Å². The first-order valence-electron chi connectivity index (χ1n) is 5.03. The molecule has 0 N–H and O–H groups in total. The fourth-order valence-corrected chi connectivity index (χ4v) is 1.70. The lowest BCUT2D eigenvalue weighted by Crippen LogP contribution is -1.89. The number of aryl methyl sites for hydroxylation is 1. The Balaban J connectivity index is 2.57. The van der Waals surface area contributed by atoms with Gasteiger partial charge in [-0.3, -0.25) is 4.79 Å². The first kappa shape index (κ1) is 10.6. The van der Waals surface area contributed by atoms with Crippen LogP contribution in [0.15, 0.2) is 42.5 Å². The van der Waals surface area contributed by atoms with Gasteiger partial charge in [0.1, 0.15) is 12.1 Å². The Morgan fingerprint density at radius 1 is 1.06 bits per heavy atom. The molecule has 0 radical (unpaired) electrons. The van der Waals surface area contributed by atoms with Gasteiger partial charge in [-0.25, -0.2) is 4.39 Å². The third-order valence-corrected chi connectivity index (χ3v) is 2.56. The molecular weight excluding hydrogens is 203 g/mol. The number of aldehydes is 1. The van der Waals surface area contributed by atoms with E-state index in [1.165, 1.54) is 6.07 Å². The van der Waals surface area contributed by atoms with Gasteiger partial charge < -0.3 is 0 Å². The molecule has 80 valence electrons. The number of carbonyl (C=O) groups is 1. The fourth-order valence-electron chi connectivity index (χ4n) is 1.70. The van der Waals surface area contributed by atoms with Gasteiger partial charge in [0.05, 0.1) is 0 Å². The fraction of sp³-hybridized carbons (Fsp3) is 0.0714. The van der Waals surface area contributed by atoms with E-state index in [4.69, 9.17) is 0 Å². The van der Waals surface area contributed by atoms with Gasteiger partial charge in [0.15, 0.2) is 0 Å². The molecule has 0 amide bonds. The van der Waals surface area contributed by atoms with Crippen molar-refractivity contribution < 1.29 is 9.18 Å². The molecule has 0 heterocycles. The lowest BCUT2D eigenvalue weighted by molar-refractivity contribution is 0.112. The van der Waals surface area contributed by atoms with Crippen LogP contribution in [-0.2, 0) is 0 Å². The number of hydrogen-bond acceptors (Lipinski definition) is 1. The molecule has 0 aliphatic rings. The first-order valence-corrected chi connectivity index (χ1v) is 5.03. The van der Waals surface area contributed by atoms with Crippen LogP contribution in [-0.4, -0.2) is 6.29 Å². The molecule has 0 aromatic heterocycles. The summed E-state index contributed by atoms with van der Waals surface area (Å²) >= 11 is 0. The van der Waals surface area contributed by atoms with Crippen LogP contribution in [0.3, 0.4) is 0 Å². The maximum Gasteiger partial charge on any atom is 0.150 e. The third kappa shape index (κ3) is 1.87. The topological polar surface area (TPSA) is 17.1 Å². The number of benzene rings is 2. The molecular formula is C14H11FO. The predicted octanol–water partition coefficient (Wildman–Crippen LogP) is 3.61. The third-order valence-electron chi connectivity index (χ3n) is 2.56. The Hall–Kier alpha value is -1.96. The highest BCUT2D eigenvalue weighted by molar-refractivity contribution is 5.77. The van der Waals surface area contributed by atoms with Crippen LogP contribution >= 0.6 is 0 Å². The summed E-state index contributed by atoms with van der Waals surface area (Å²) in [6.45, 7) is 1.93. The minimum Gasteiger partial charge on any atom is -0.298 e. The van der Waals surface area contributed by atoms with Crippen molar-refractivity contribution in [1.29, 1.82) is 0 Å². The molecule has 0 saturated heterocycles. The van der Waals surface area contributed by atoms with Gasteiger partial charge in [-0.1, -0.05) is 36.4 Å². The van der Waals surface area contributed by atoms with E-state index in [1.807, 2.05) is 31.2 Å². The Kier molecular flexibility index (Phi) is 2.82. The second-order valence-electron chi connectivity index (χ2n) is 3.67. The van der Waals surface area contributed by atoms with Crippen molar-refractivity contribution in [3.63, 3.8) is 0 Å². The van der Waals surface area contributed by atoms with Gasteiger partial charge in [-0.2, -0.15) is 0 Å². The molecule has 0 saturated carbocycles. The monoisotopic (exact) mass is 214 g/mol. The van der Waals surface area contributed by atoms with E-state index < -0.39 is 0 Å². The molecule has 0 unspecified atom stereocenters. The van der Waals surface area contributed by atoms with Crippen molar-refractivity contribution in [1.82, 2.24) is 0 Å². The van der Waals surface area contributed by atoms with E-state index >= 15 is 0 Å². The van der Waals surface area contributed by atoms with Crippen LogP contribution in [0, 0.1) is 12.7 Å². The van der Waals surface area contributed by atoms with Crippen LogP contribution in [0.1, 0.15) is 15.9 Å². The Morgan fingerprint density at radius 2 is 1.81 bits per heavy atom. The molecule has 0 aliphatic carbocycles. The Morgan fingerprint density at radius 3 is 2.44 bits per heavy atom. The van der Waals surface area contributed by atoms with Crippen LogP contribution in [0.5, 0.6) is 0 Å². The molecule has 0 spiro atoms. The summed E-state index contributed by atoms with van der Waals surface area (Å²) in [6.07, 6.45) is 0.644. The van der Waals surface area contributed by atoms with Crippen molar-refractivity contribution in [2.45, 2.75) is 6.92 Å². The van der Waals surface area contributed by atoms with Gasteiger partial charge in [-0.15, -0.1) is 0 Å². The van der Waals surface area contributed by atoms with Gasteiger partial charge in [0, 0.05) is 11.1 Å². The highest BCUT2D eigenvalue weighted by atomic mass is 19.1. The smallest absolute Gasteiger partial charge is 0.150 e. The van der Waals surface area contributed by atoms with Gasteiger partial charge in [-0.05, 0) is 24.1 Å². The standard InChI is InChI=1S/C14H11FO/c1-10-4-2-3-5-12(10)13-7-6-11(9-16)8-14(13)15/h2-9H,1H3. The second-order valence-corrected chi connectivity index (χ2v) is 3.67. The van der Waals surface area contributed by atoms with Crippen LogP contribution in [0.4, 0.5) is 4.39 Å². The second kappa shape index (κ2) is 4.27. The highest BCUT2D eigenvalue weighted by Crippen LogP contribution is 2.26. The van der Waals surface area contributed by atoms with E-state index in [9.17, 15) is 9.18 Å². The number of halogens is 1. The summed E-state index contributed by atoms with van der Waals surface area (Å²) in [4.78, 5) is 10.5. The summed E-state index contributed by atoms with van der Waals surface area (Å²) < 4.78 is 13.7. The average molecular weight is 214 g/mol. The van der Waals surface area contributed by atoms with Crippen molar-refractivity contribution in [3.05, 3.63) is 59.4 Å². The number of carbonyl (C=O) groups excluding carboxylic acids is 1. The molecule has 2 rings (SSSR count). The zero-order valence-corrected chi connectivity index (χ0v) is 8.91. The summed E-state index contributed by atoms with van der Waals surface area (Å²) in [7, 11) is 0. The molecule has 0 aliphatic heterocycles. The molecule has 2 heteroatoms. The molecule has 0 bridgehead atoms. The van der Waals surface area contributed by atoms with Gasteiger partial charge in [0.2, 0.25) is 0 Å². The molecule has 16 heavy (non-hydrogen) atoms. The zero-order chi connectivity index (χ0) is 11.5. The van der Waals surface area contributed by atoms with Gasteiger partial charge in [0.25, 0.3) is 0 Å². The zero-order valence-electron chi connectivity index (χ0n) is 8.91. The van der Waals surface area contributed by atoms with Crippen LogP contribution in [0.25, 0.3) is 11.1 Å². The summed E-state index contributed by atoms with van der Waals surface area (Å²) in [5, 5.41) is 0. The molecule has 0 atom stereocenters. The predicted molar refractivity (Wildman–Crippen MR) is 62.0 cm³/mol. The first-order chi connectivity index (χ1) is 7.72. The van der Waals surface area contributed by atoms with Crippen LogP contribution in [0.2, 0.25) is 0 Å². The SMILES string of the molecule is Cc1ccccc1-c1ccc(C=O)cc1F. The molecule has 1 nitrogen and oxygen atoms in total. The van der Waals surface area contributed by atoms with E-state index in [-0.39, 0.29) is 5.82 Å². The van der Waals surface area contributed by atoms with Crippen molar-refractivity contribution >= 4 is 6.29 Å². The minimum absolute atomic E-state index is 0.356. The maximum absolute atomic E-state index is 13.7. The lowest BCUT2D eigenvalue weighted by atomic mass is 9.99. The molecule has 2 aromatic carbocycles. The van der Waals surface area contributed by atoms with Crippen molar-refractivity contribution in [2.75, 3.05) is 0 Å². The quantitative estimate of drug-likeness (QED) is 0.698. The molecule has 0 fully saturated rings. The maximum atomic E-state index is 13.7. The number of hydrogen-bond donors (Lipinski definition) is 0. The van der Waals surface area contributed by atoms with Crippen molar-refractivity contribution in [3.8, 4) is 11.1 Å². The summed E-state index contributed by atoms with van der Waals surface area (Å²) in [5.41, 5.74) is 2.76. The van der Waals surface area contributed by atoms with Crippen molar-refractivity contribution in [2.24, 2.45) is 0 Å². The van der Waals surface area contributed by atoms with Crippen LogP contribution < -0.4 is 0 Å². The van der Waals surface area contributed by atoms with E-state index in [2.05, 4.69) is 0 Å². The Bertz CT molecular complexity index is 532. The average Bonchev–Trinajstić information content (AvgIpc) is 2.30. The van der Waals surface area contributed by atoms with Gasteiger partial charge >= 0.3 is 0 Å². The summed E-state index contributed by atoms with van der Waals surface area (Å²) in [6, 6.07) is 12.1. The normalized spacial score (nSPS) is 10.1. The van der Waals surface area contributed by atoms with E-state index in [1.54, 1.807) is 12.1 Å². The largest absolute Gasteiger partial charge is 0.298 e. The highest BCUT2D eigenvalue weighted by Gasteiger charge is 2.07. The lowest BCUT2D eigenvalue weighted by Gasteiger charge is -2.07. The number of rotatable bonds is 2. The summed E-state index contributed by atoms with van der Waals surface area (Å²) in [5.74, 6) is -0.362. The van der Waals surface area contributed by atoms with E-state index in [0.717, 1.165) is 11.1 Å².